The third-order valence-corrected chi connectivity index (χ3v) is 1.24. The molecule has 62 valence electrons. The molecule has 0 bridgehead atoms. The van der Waals surface area contributed by atoms with Crippen LogP contribution in [-0.2, 0) is 9.59 Å². The summed E-state index contributed by atoms with van der Waals surface area (Å²) < 4.78 is 0. The lowest BCUT2D eigenvalue weighted by molar-refractivity contribution is -0.137. The van der Waals surface area contributed by atoms with Gasteiger partial charge in [-0.05, 0) is 12.5 Å². The summed E-state index contributed by atoms with van der Waals surface area (Å²) in [7, 11) is 0. The van der Waals surface area contributed by atoms with Gasteiger partial charge in [-0.2, -0.15) is 0 Å². The van der Waals surface area contributed by atoms with E-state index < -0.39 is 12.0 Å². The van der Waals surface area contributed by atoms with E-state index in [1.807, 2.05) is 0 Å². The van der Waals surface area contributed by atoms with Gasteiger partial charge in [-0.15, -0.1) is 0 Å². The molecule has 1 unspecified atom stereocenters. The lowest BCUT2D eigenvalue weighted by atomic mass is 10.1. The molecule has 0 saturated carbocycles. The lowest BCUT2D eigenvalue weighted by Crippen LogP contribution is -2.29. The average Bonchev–Trinajstić information content (AvgIpc) is 1.98. The molecule has 0 aliphatic carbocycles. The van der Waals surface area contributed by atoms with Gasteiger partial charge in [-0.3, -0.25) is 9.59 Å². The van der Waals surface area contributed by atoms with E-state index in [-0.39, 0.29) is 18.6 Å². The second-order valence-electron chi connectivity index (χ2n) is 2.15. The monoisotopic (exact) mass is 157 g/mol. The maximum Gasteiger partial charge on any atom is 0.303 e. The summed E-state index contributed by atoms with van der Waals surface area (Å²) in [6, 6.07) is -0.719. The molecular formula is C7H11NO3. The molecule has 0 saturated heterocycles. The summed E-state index contributed by atoms with van der Waals surface area (Å²) in [6.45, 7) is 3.23. The quantitative estimate of drug-likeness (QED) is 0.547. The van der Waals surface area contributed by atoms with E-state index in [2.05, 4.69) is 6.58 Å². The molecule has 0 rings (SSSR count). The van der Waals surface area contributed by atoms with E-state index in [1.54, 1.807) is 0 Å². The van der Waals surface area contributed by atoms with Crippen LogP contribution in [-0.4, -0.2) is 22.9 Å². The van der Waals surface area contributed by atoms with Gasteiger partial charge in [0.15, 0.2) is 5.78 Å². The van der Waals surface area contributed by atoms with Crippen molar-refractivity contribution in [3.8, 4) is 0 Å². The first-order chi connectivity index (χ1) is 5.07. The Morgan fingerprint density at radius 3 is 2.55 bits per heavy atom. The van der Waals surface area contributed by atoms with Crippen molar-refractivity contribution in [3.05, 3.63) is 12.7 Å². The SMILES string of the molecule is C=CC(=O)C(N)CCC(=O)O. The lowest BCUT2D eigenvalue weighted by Gasteiger charge is -2.03. The normalized spacial score (nSPS) is 12.1. The summed E-state index contributed by atoms with van der Waals surface area (Å²) in [5.74, 6) is -1.26. The van der Waals surface area contributed by atoms with Crippen molar-refractivity contribution < 1.29 is 14.7 Å². The van der Waals surface area contributed by atoms with Crippen LogP contribution in [0.2, 0.25) is 0 Å². The molecule has 0 aromatic carbocycles. The minimum atomic E-state index is -0.947. The summed E-state index contributed by atoms with van der Waals surface area (Å²) in [5.41, 5.74) is 5.29. The number of carboxylic acid groups (broad SMARTS) is 1. The number of aliphatic carboxylic acids is 1. The van der Waals surface area contributed by atoms with Crippen molar-refractivity contribution in [1.82, 2.24) is 0 Å². The molecule has 0 radical (unpaired) electrons. The first-order valence-electron chi connectivity index (χ1n) is 3.21. The van der Waals surface area contributed by atoms with E-state index in [0.717, 1.165) is 6.08 Å². The smallest absolute Gasteiger partial charge is 0.303 e. The summed E-state index contributed by atoms with van der Waals surface area (Å²) in [6.07, 6.45) is 1.19. The Hall–Kier alpha value is -1.16. The molecular weight excluding hydrogens is 146 g/mol. The molecule has 4 heteroatoms. The standard InChI is InChI=1S/C7H11NO3/c1-2-6(9)5(8)3-4-7(10)11/h2,5H,1,3-4,8H2,(H,10,11). The van der Waals surface area contributed by atoms with Gasteiger partial charge in [0.05, 0.1) is 6.04 Å². The number of carbonyl (C=O) groups excluding carboxylic acids is 1. The van der Waals surface area contributed by atoms with Gasteiger partial charge in [0.25, 0.3) is 0 Å². The molecule has 0 spiro atoms. The Balaban J connectivity index is 3.68. The third kappa shape index (κ3) is 4.27. The van der Waals surface area contributed by atoms with Crippen molar-refractivity contribution in [1.29, 1.82) is 0 Å². The molecule has 0 aromatic heterocycles. The zero-order valence-electron chi connectivity index (χ0n) is 6.12. The summed E-state index contributed by atoms with van der Waals surface area (Å²) in [4.78, 5) is 20.7. The molecule has 0 aliphatic rings. The van der Waals surface area contributed by atoms with Crippen LogP contribution in [0.3, 0.4) is 0 Å². The number of carboxylic acids is 1. The third-order valence-electron chi connectivity index (χ3n) is 1.24. The van der Waals surface area contributed by atoms with Gasteiger partial charge in [-0.1, -0.05) is 6.58 Å². The maximum absolute atomic E-state index is 10.7. The fourth-order valence-electron chi connectivity index (χ4n) is 0.573. The van der Waals surface area contributed by atoms with Crippen LogP contribution in [0.25, 0.3) is 0 Å². The highest BCUT2D eigenvalue weighted by atomic mass is 16.4. The highest BCUT2D eigenvalue weighted by molar-refractivity contribution is 5.93. The Bertz CT molecular complexity index is 177. The van der Waals surface area contributed by atoms with Gasteiger partial charge in [0, 0.05) is 6.42 Å². The minimum absolute atomic E-state index is 0.0826. The van der Waals surface area contributed by atoms with Crippen molar-refractivity contribution in [2.45, 2.75) is 18.9 Å². The molecule has 4 nitrogen and oxygen atoms in total. The van der Waals surface area contributed by atoms with Crippen LogP contribution in [0.5, 0.6) is 0 Å². The summed E-state index contributed by atoms with van der Waals surface area (Å²) in [5, 5.41) is 8.22. The highest BCUT2D eigenvalue weighted by Crippen LogP contribution is 1.95. The fourth-order valence-corrected chi connectivity index (χ4v) is 0.573. The molecule has 0 heterocycles. The van der Waals surface area contributed by atoms with Gasteiger partial charge in [-0.25, -0.2) is 0 Å². The largest absolute Gasteiger partial charge is 0.481 e. The van der Waals surface area contributed by atoms with Gasteiger partial charge in [0.1, 0.15) is 0 Å². The van der Waals surface area contributed by atoms with Crippen LogP contribution in [0.1, 0.15) is 12.8 Å². The molecule has 11 heavy (non-hydrogen) atoms. The van der Waals surface area contributed by atoms with Crippen molar-refractivity contribution in [2.24, 2.45) is 5.73 Å². The molecule has 0 aromatic rings. The zero-order chi connectivity index (χ0) is 8.85. The zero-order valence-corrected chi connectivity index (χ0v) is 6.12. The summed E-state index contributed by atoms with van der Waals surface area (Å²) >= 11 is 0. The van der Waals surface area contributed by atoms with Gasteiger partial charge < -0.3 is 10.8 Å². The Morgan fingerprint density at radius 2 is 2.18 bits per heavy atom. The van der Waals surface area contributed by atoms with Crippen molar-refractivity contribution >= 4 is 11.8 Å². The Labute approximate surface area is 64.7 Å². The van der Waals surface area contributed by atoms with Gasteiger partial charge in [0.2, 0.25) is 0 Å². The second-order valence-corrected chi connectivity index (χ2v) is 2.15. The predicted molar refractivity (Wildman–Crippen MR) is 40.0 cm³/mol. The maximum atomic E-state index is 10.7. The Morgan fingerprint density at radius 1 is 1.64 bits per heavy atom. The second kappa shape index (κ2) is 4.62. The van der Waals surface area contributed by atoms with Crippen LogP contribution < -0.4 is 5.73 Å². The fraction of sp³-hybridized carbons (Fsp3) is 0.429. The van der Waals surface area contributed by atoms with Gasteiger partial charge >= 0.3 is 5.97 Å². The molecule has 3 N–H and O–H groups in total. The number of carbonyl (C=O) groups is 2. The van der Waals surface area contributed by atoms with E-state index in [0.29, 0.717) is 0 Å². The number of ketones is 1. The molecule has 0 fully saturated rings. The first-order valence-corrected chi connectivity index (χ1v) is 3.21. The number of rotatable bonds is 5. The molecule has 1 atom stereocenters. The van der Waals surface area contributed by atoms with Crippen LogP contribution >= 0.6 is 0 Å². The van der Waals surface area contributed by atoms with E-state index >= 15 is 0 Å². The number of nitrogens with two attached hydrogens (primary N) is 1. The Kier molecular flexibility index (Phi) is 4.14. The van der Waals surface area contributed by atoms with Crippen LogP contribution in [0.4, 0.5) is 0 Å². The van der Waals surface area contributed by atoms with Crippen LogP contribution in [0, 0.1) is 0 Å². The van der Waals surface area contributed by atoms with Crippen molar-refractivity contribution in [2.75, 3.05) is 0 Å². The average molecular weight is 157 g/mol. The van der Waals surface area contributed by atoms with E-state index in [4.69, 9.17) is 10.8 Å². The topological polar surface area (TPSA) is 80.4 Å². The number of hydrogen-bond acceptors (Lipinski definition) is 3. The number of hydrogen-bond donors (Lipinski definition) is 2. The van der Waals surface area contributed by atoms with E-state index in [9.17, 15) is 9.59 Å². The predicted octanol–water partition coefficient (Wildman–Crippen LogP) is -0.0664. The first kappa shape index (κ1) is 9.84. The highest BCUT2D eigenvalue weighted by Gasteiger charge is 2.10. The molecule has 0 aliphatic heterocycles. The molecule has 0 amide bonds. The van der Waals surface area contributed by atoms with Crippen LogP contribution in [0.15, 0.2) is 12.7 Å². The van der Waals surface area contributed by atoms with Crippen molar-refractivity contribution in [3.63, 3.8) is 0 Å². The minimum Gasteiger partial charge on any atom is -0.481 e. The van der Waals surface area contributed by atoms with E-state index in [1.165, 1.54) is 0 Å².